The van der Waals surface area contributed by atoms with Gasteiger partial charge in [0.05, 0.1) is 10.6 Å². The normalized spacial score (nSPS) is 23.5. The zero-order valence-electron chi connectivity index (χ0n) is 31.7. The molecular weight excluding hydrogens is 712 g/mol. The molecule has 5 saturated heterocycles. The zero-order chi connectivity index (χ0) is 38.1. The number of imide groups is 1. The van der Waals surface area contributed by atoms with Crippen molar-refractivity contribution < 1.29 is 14.4 Å². The first-order valence-electron chi connectivity index (χ1n) is 20.0. The van der Waals surface area contributed by atoms with Gasteiger partial charge in [-0.25, -0.2) is 0 Å². The van der Waals surface area contributed by atoms with E-state index in [9.17, 15) is 19.6 Å². The summed E-state index contributed by atoms with van der Waals surface area (Å²) in [6.45, 7) is 10.7. The fraction of sp³-hybridized carbons (Fsp3) is 0.488. The van der Waals surface area contributed by atoms with E-state index in [1.165, 1.54) is 5.69 Å². The van der Waals surface area contributed by atoms with E-state index in [1.54, 1.807) is 0 Å². The number of hydrogen-bond acceptors (Lipinski definition) is 9. The number of carbonyl (C=O) groups excluding carboxylic acids is 3. The molecule has 5 heterocycles. The first-order valence-corrected chi connectivity index (χ1v) is 20.3. The fourth-order valence-electron chi connectivity index (χ4n) is 9.64. The highest BCUT2D eigenvalue weighted by Crippen LogP contribution is 2.46. The molecule has 0 aliphatic carbocycles. The first-order chi connectivity index (χ1) is 26.7. The quantitative estimate of drug-likeness (QED) is 0.291. The fourth-order valence-corrected chi connectivity index (χ4v) is 9.86. The second-order valence-corrected chi connectivity index (χ2v) is 16.6. The average molecular weight is 763 g/mol. The average Bonchev–Trinajstić information content (AvgIpc) is 3.54. The van der Waals surface area contributed by atoms with Gasteiger partial charge in [-0.2, -0.15) is 5.26 Å². The van der Waals surface area contributed by atoms with E-state index < -0.39 is 6.04 Å². The highest BCUT2D eigenvalue weighted by molar-refractivity contribution is 6.32. The zero-order valence-corrected chi connectivity index (χ0v) is 32.4. The molecule has 0 saturated carbocycles. The van der Waals surface area contributed by atoms with Crippen LogP contribution in [0.2, 0.25) is 5.02 Å². The Morgan fingerprint density at radius 2 is 1.56 bits per heavy atom. The molecule has 5 aliphatic heterocycles. The van der Waals surface area contributed by atoms with Crippen molar-refractivity contribution in [3.63, 3.8) is 0 Å². The molecule has 11 nitrogen and oxygen atoms in total. The van der Waals surface area contributed by atoms with Crippen molar-refractivity contribution in [2.75, 3.05) is 78.9 Å². The maximum atomic E-state index is 13.6. The molecule has 3 aromatic carbocycles. The van der Waals surface area contributed by atoms with Crippen LogP contribution in [-0.2, 0) is 9.59 Å². The van der Waals surface area contributed by atoms with Gasteiger partial charge >= 0.3 is 0 Å². The molecule has 0 aromatic heterocycles. The van der Waals surface area contributed by atoms with Crippen LogP contribution in [0.3, 0.4) is 0 Å². The van der Waals surface area contributed by atoms with E-state index in [-0.39, 0.29) is 23.1 Å². The summed E-state index contributed by atoms with van der Waals surface area (Å²) in [5.74, 6) is -0.341. The van der Waals surface area contributed by atoms with Crippen molar-refractivity contribution in [2.24, 2.45) is 5.41 Å². The molecule has 2 N–H and O–H groups in total. The lowest BCUT2D eigenvalue weighted by atomic mass is 9.76. The number of piperazine rings is 1. The van der Waals surface area contributed by atoms with Gasteiger partial charge < -0.3 is 24.9 Å². The minimum atomic E-state index is -0.395. The number of halogens is 1. The standard InChI is InChI=1S/C43H51ClN8O3/c1-30-27-43(29-52(30)37-10-7-32(28-45)38(44)26-37)15-19-48(20-16-43)34-8-5-31(6-9-34)42(55)51-17-13-35(14-18-51)49-21-23-50(24-22-49)36-4-2-3-33(25-36)46-39-11-12-40(53)47-41(39)54/h2-10,25-26,30,35,39,46H,11-24,27,29H2,1H3,(H,47,53,54)/t30-,39?/m0/s1. The Kier molecular flexibility index (Phi) is 10.6. The molecule has 3 amide bonds. The highest BCUT2D eigenvalue weighted by atomic mass is 35.5. The predicted octanol–water partition coefficient (Wildman–Crippen LogP) is 5.74. The summed E-state index contributed by atoms with van der Waals surface area (Å²) in [6, 6.07) is 24.9. The molecule has 1 spiro atoms. The monoisotopic (exact) mass is 762 g/mol. The number of nitrogens with zero attached hydrogens (tertiary/aromatic N) is 6. The van der Waals surface area contributed by atoms with Crippen LogP contribution in [0.25, 0.3) is 0 Å². The summed E-state index contributed by atoms with van der Waals surface area (Å²) in [4.78, 5) is 49.3. The Morgan fingerprint density at radius 3 is 2.25 bits per heavy atom. The molecule has 12 heteroatoms. The van der Waals surface area contributed by atoms with Gasteiger partial charge in [0, 0.05) is 106 Å². The third-order valence-corrected chi connectivity index (χ3v) is 13.2. The second kappa shape index (κ2) is 15.8. The van der Waals surface area contributed by atoms with E-state index in [4.69, 9.17) is 11.6 Å². The SMILES string of the molecule is C[C@H]1CC2(CCN(c3ccc(C(=O)N4CCC(N5CCN(c6cccc(NC7CCC(=O)NC7=O)c6)CC5)CC4)cc3)CC2)CN1c1ccc(C#N)c(Cl)c1. The molecule has 5 aliphatic rings. The molecule has 3 aromatic rings. The van der Waals surface area contributed by atoms with Crippen LogP contribution >= 0.6 is 11.6 Å². The van der Waals surface area contributed by atoms with Crippen LogP contribution in [-0.4, -0.2) is 105 Å². The number of anilines is 4. The molecule has 0 radical (unpaired) electrons. The van der Waals surface area contributed by atoms with Crippen molar-refractivity contribution in [2.45, 2.75) is 70.0 Å². The van der Waals surface area contributed by atoms with E-state index in [2.05, 4.69) is 67.5 Å². The summed E-state index contributed by atoms with van der Waals surface area (Å²) >= 11 is 6.38. The van der Waals surface area contributed by atoms with Crippen molar-refractivity contribution in [3.05, 3.63) is 82.9 Å². The lowest BCUT2D eigenvalue weighted by molar-refractivity contribution is -0.133. The van der Waals surface area contributed by atoms with Gasteiger partial charge in [0.15, 0.2) is 0 Å². The van der Waals surface area contributed by atoms with E-state index in [0.717, 1.165) is 114 Å². The van der Waals surface area contributed by atoms with Gasteiger partial charge in [0.1, 0.15) is 12.1 Å². The van der Waals surface area contributed by atoms with Crippen LogP contribution in [0.4, 0.5) is 22.7 Å². The first kappa shape index (κ1) is 37.1. The molecular formula is C43H51ClN8O3. The largest absolute Gasteiger partial charge is 0.374 e. The predicted molar refractivity (Wildman–Crippen MR) is 217 cm³/mol. The number of nitriles is 1. The number of carbonyl (C=O) groups is 3. The number of hydrogen-bond donors (Lipinski definition) is 2. The third kappa shape index (κ3) is 7.98. The molecule has 5 fully saturated rings. The van der Waals surface area contributed by atoms with Gasteiger partial charge in [-0.3, -0.25) is 24.6 Å². The van der Waals surface area contributed by atoms with Gasteiger partial charge in [-0.1, -0.05) is 17.7 Å². The maximum absolute atomic E-state index is 13.6. The molecule has 8 rings (SSSR count). The van der Waals surface area contributed by atoms with Crippen LogP contribution in [0.5, 0.6) is 0 Å². The topological polar surface area (TPSA) is 115 Å². The molecule has 288 valence electrons. The number of rotatable bonds is 7. The summed E-state index contributed by atoms with van der Waals surface area (Å²) < 4.78 is 0. The van der Waals surface area contributed by atoms with E-state index in [0.29, 0.717) is 35.5 Å². The number of benzene rings is 3. The molecule has 1 unspecified atom stereocenters. The summed E-state index contributed by atoms with van der Waals surface area (Å²) in [7, 11) is 0. The van der Waals surface area contributed by atoms with E-state index >= 15 is 0 Å². The van der Waals surface area contributed by atoms with Crippen molar-refractivity contribution in [1.29, 1.82) is 5.26 Å². The summed E-state index contributed by atoms with van der Waals surface area (Å²) in [5, 5.41) is 15.5. The van der Waals surface area contributed by atoms with Gasteiger partial charge in [-0.05, 0) is 112 Å². The Hall–Kier alpha value is -4.79. The van der Waals surface area contributed by atoms with Crippen molar-refractivity contribution >= 4 is 52.1 Å². The van der Waals surface area contributed by atoms with Gasteiger partial charge in [-0.15, -0.1) is 0 Å². The van der Waals surface area contributed by atoms with Crippen LogP contribution in [0.1, 0.15) is 67.8 Å². The number of nitrogens with one attached hydrogen (secondary N) is 2. The Bertz CT molecular complexity index is 1940. The second-order valence-electron chi connectivity index (χ2n) is 16.2. The lowest BCUT2D eigenvalue weighted by Crippen LogP contribution is -2.53. The minimum Gasteiger partial charge on any atom is -0.374 e. The summed E-state index contributed by atoms with van der Waals surface area (Å²) in [5.41, 5.74) is 5.86. The lowest BCUT2D eigenvalue weighted by Gasteiger charge is -2.43. The van der Waals surface area contributed by atoms with E-state index in [1.807, 2.05) is 47.4 Å². The number of piperidine rings is 3. The number of amides is 3. The smallest absolute Gasteiger partial charge is 0.253 e. The Morgan fingerprint density at radius 1 is 0.855 bits per heavy atom. The maximum Gasteiger partial charge on any atom is 0.253 e. The summed E-state index contributed by atoms with van der Waals surface area (Å²) in [6.07, 6.45) is 6.23. The van der Waals surface area contributed by atoms with Crippen LogP contribution < -0.4 is 25.3 Å². The Labute approximate surface area is 329 Å². The van der Waals surface area contributed by atoms with Gasteiger partial charge in [0.2, 0.25) is 11.8 Å². The number of likely N-dealkylation sites (tertiary alicyclic amines) is 1. The molecule has 2 atom stereocenters. The Balaban J connectivity index is 0.781. The highest BCUT2D eigenvalue weighted by Gasteiger charge is 2.44. The van der Waals surface area contributed by atoms with Gasteiger partial charge in [0.25, 0.3) is 5.91 Å². The molecule has 0 bridgehead atoms. The van der Waals surface area contributed by atoms with Crippen LogP contribution in [0, 0.1) is 16.7 Å². The van der Waals surface area contributed by atoms with Crippen LogP contribution in [0.15, 0.2) is 66.7 Å². The van der Waals surface area contributed by atoms with Crippen molar-refractivity contribution in [1.82, 2.24) is 15.1 Å². The minimum absolute atomic E-state index is 0.126. The third-order valence-electron chi connectivity index (χ3n) is 12.8. The molecule has 55 heavy (non-hydrogen) atoms. The van der Waals surface area contributed by atoms with Crippen molar-refractivity contribution in [3.8, 4) is 6.07 Å².